The third-order valence-corrected chi connectivity index (χ3v) is 4.61. The summed E-state index contributed by atoms with van der Waals surface area (Å²) >= 11 is 0. The number of hydrogen-bond acceptors (Lipinski definition) is 3. The molecule has 3 nitrogen and oxygen atoms in total. The highest BCUT2D eigenvalue weighted by molar-refractivity contribution is 5.48. The second-order valence-corrected chi connectivity index (χ2v) is 6.36. The van der Waals surface area contributed by atoms with Crippen molar-refractivity contribution in [2.75, 3.05) is 25.1 Å². The Balaban J connectivity index is 1.45. The molecule has 0 radical (unpaired) electrons. The van der Waals surface area contributed by atoms with Crippen molar-refractivity contribution >= 4 is 5.69 Å². The standard InChI is InChI=1S/C18H27NO2/c1-2-6-15(7-3-1)13-19-16-8-4-9-17(12-16)21-14-18-10-5-11-20-18/h4,8-9,12,15,18-19H,1-3,5-7,10-11,13-14H2. The number of rotatable bonds is 6. The van der Waals surface area contributed by atoms with Crippen molar-refractivity contribution in [1.29, 1.82) is 0 Å². The van der Waals surface area contributed by atoms with Gasteiger partial charge >= 0.3 is 0 Å². The van der Waals surface area contributed by atoms with Crippen LogP contribution in [-0.2, 0) is 4.74 Å². The first kappa shape index (κ1) is 14.7. The molecule has 1 saturated carbocycles. The lowest BCUT2D eigenvalue weighted by atomic mass is 9.89. The van der Waals surface area contributed by atoms with Crippen LogP contribution in [0.25, 0.3) is 0 Å². The minimum atomic E-state index is 0.281. The molecule has 0 amide bonds. The number of hydrogen-bond donors (Lipinski definition) is 1. The van der Waals surface area contributed by atoms with Gasteiger partial charge in [0.2, 0.25) is 0 Å². The van der Waals surface area contributed by atoms with Gasteiger partial charge in [-0.25, -0.2) is 0 Å². The van der Waals surface area contributed by atoms with Crippen LogP contribution in [0.1, 0.15) is 44.9 Å². The highest BCUT2D eigenvalue weighted by Gasteiger charge is 2.16. The largest absolute Gasteiger partial charge is 0.491 e. The monoisotopic (exact) mass is 289 g/mol. The van der Waals surface area contributed by atoms with Gasteiger partial charge in [-0.2, -0.15) is 0 Å². The van der Waals surface area contributed by atoms with Crippen molar-refractivity contribution < 1.29 is 9.47 Å². The average Bonchev–Trinajstić information content (AvgIpc) is 3.06. The van der Waals surface area contributed by atoms with Crippen LogP contribution in [0.5, 0.6) is 5.75 Å². The highest BCUT2D eigenvalue weighted by Crippen LogP contribution is 2.25. The van der Waals surface area contributed by atoms with E-state index in [4.69, 9.17) is 9.47 Å². The van der Waals surface area contributed by atoms with Gasteiger partial charge in [0, 0.05) is 24.9 Å². The van der Waals surface area contributed by atoms with Crippen LogP contribution in [0.15, 0.2) is 24.3 Å². The summed E-state index contributed by atoms with van der Waals surface area (Å²) in [4.78, 5) is 0. The maximum absolute atomic E-state index is 5.86. The quantitative estimate of drug-likeness (QED) is 0.850. The second kappa shape index (κ2) is 7.69. The normalized spacial score (nSPS) is 23.1. The van der Waals surface area contributed by atoms with Gasteiger partial charge < -0.3 is 14.8 Å². The van der Waals surface area contributed by atoms with Crippen LogP contribution in [0.3, 0.4) is 0 Å². The lowest BCUT2D eigenvalue weighted by molar-refractivity contribution is 0.0680. The van der Waals surface area contributed by atoms with Crippen molar-refractivity contribution in [3.8, 4) is 5.75 Å². The lowest BCUT2D eigenvalue weighted by Crippen LogP contribution is -2.17. The molecular weight excluding hydrogens is 262 g/mol. The van der Waals surface area contributed by atoms with Crippen molar-refractivity contribution in [2.45, 2.75) is 51.0 Å². The molecule has 1 aromatic rings. The molecule has 1 unspecified atom stereocenters. The average molecular weight is 289 g/mol. The Morgan fingerprint density at radius 3 is 2.81 bits per heavy atom. The summed E-state index contributed by atoms with van der Waals surface area (Å²) in [5.74, 6) is 1.79. The van der Waals surface area contributed by atoms with E-state index < -0.39 is 0 Å². The Bertz CT molecular complexity index is 423. The highest BCUT2D eigenvalue weighted by atomic mass is 16.5. The molecule has 1 aromatic carbocycles. The molecule has 1 N–H and O–H groups in total. The summed E-state index contributed by atoms with van der Waals surface area (Å²) in [6, 6.07) is 8.33. The second-order valence-electron chi connectivity index (χ2n) is 6.36. The number of anilines is 1. The molecular formula is C18H27NO2. The fourth-order valence-corrected chi connectivity index (χ4v) is 3.31. The van der Waals surface area contributed by atoms with Crippen LogP contribution < -0.4 is 10.1 Å². The third kappa shape index (κ3) is 4.63. The summed E-state index contributed by atoms with van der Waals surface area (Å²) < 4.78 is 11.4. The zero-order valence-electron chi connectivity index (χ0n) is 12.9. The summed E-state index contributed by atoms with van der Waals surface area (Å²) in [6.07, 6.45) is 9.54. The van der Waals surface area contributed by atoms with E-state index >= 15 is 0 Å². The SMILES string of the molecule is c1cc(NCC2CCCCC2)cc(OCC2CCCO2)c1. The van der Waals surface area contributed by atoms with Gasteiger partial charge in [0.1, 0.15) is 12.4 Å². The third-order valence-electron chi connectivity index (χ3n) is 4.61. The molecule has 1 saturated heterocycles. The van der Waals surface area contributed by atoms with Gasteiger partial charge in [-0.1, -0.05) is 25.3 Å². The molecule has 0 bridgehead atoms. The molecule has 0 spiro atoms. The predicted octanol–water partition coefficient (Wildman–Crippen LogP) is 4.24. The zero-order chi connectivity index (χ0) is 14.3. The van der Waals surface area contributed by atoms with Crippen molar-refractivity contribution in [1.82, 2.24) is 0 Å². The first-order valence-corrected chi connectivity index (χ1v) is 8.48. The van der Waals surface area contributed by atoms with Gasteiger partial charge in [-0.3, -0.25) is 0 Å². The van der Waals surface area contributed by atoms with E-state index in [-0.39, 0.29) is 6.10 Å². The minimum Gasteiger partial charge on any atom is -0.491 e. The van der Waals surface area contributed by atoms with Crippen LogP contribution in [0, 0.1) is 5.92 Å². The van der Waals surface area contributed by atoms with Crippen LogP contribution in [0.2, 0.25) is 0 Å². The Morgan fingerprint density at radius 2 is 2.00 bits per heavy atom. The van der Waals surface area contributed by atoms with Crippen LogP contribution in [0.4, 0.5) is 5.69 Å². The van der Waals surface area contributed by atoms with Crippen molar-refractivity contribution in [2.24, 2.45) is 5.92 Å². The van der Waals surface area contributed by atoms with Gasteiger partial charge in [0.15, 0.2) is 0 Å². The molecule has 1 atom stereocenters. The Hall–Kier alpha value is -1.22. The molecule has 1 heterocycles. The minimum absolute atomic E-state index is 0.281. The Morgan fingerprint density at radius 1 is 1.10 bits per heavy atom. The molecule has 0 aromatic heterocycles. The zero-order valence-corrected chi connectivity index (χ0v) is 12.9. The predicted molar refractivity (Wildman–Crippen MR) is 86.0 cm³/mol. The summed E-state index contributed by atoms with van der Waals surface area (Å²) in [6.45, 7) is 2.65. The van der Waals surface area contributed by atoms with Gasteiger partial charge in [0.25, 0.3) is 0 Å². The molecule has 3 rings (SSSR count). The van der Waals surface area contributed by atoms with E-state index in [0.29, 0.717) is 6.61 Å². The van der Waals surface area contributed by atoms with Crippen molar-refractivity contribution in [3.63, 3.8) is 0 Å². The molecule has 21 heavy (non-hydrogen) atoms. The topological polar surface area (TPSA) is 30.5 Å². The molecule has 1 aliphatic carbocycles. The number of ether oxygens (including phenoxy) is 2. The van der Waals surface area contributed by atoms with Gasteiger partial charge in [0.05, 0.1) is 6.10 Å². The van der Waals surface area contributed by atoms with E-state index in [0.717, 1.165) is 37.7 Å². The van der Waals surface area contributed by atoms with E-state index in [9.17, 15) is 0 Å². The lowest BCUT2D eigenvalue weighted by Gasteiger charge is -2.22. The van der Waals surface area contributed by atoms with Gasteiger partial charge in [-0.05, 0) is 43.7 Å². The first-order valence-electron chi connectivity index (χ1n) is 8.48. The van der Waals surface area contributed by atoms with E-state index in [1.807, 2.05) is 6.07 Å². The van der Waals surface area contributed by atoms with Crippen LogP contribution >= 0.6 is 0 Å². The summed E-state index contributed by atoms with van der Waals surface area (Å²) in [5.41, 5.74) is 1.17. The summed E-state index contributed by atoms with van der Waals surface area (Å²) in [7, 11) is 0. The molecule has 3 heteroatoms. The Kier molecular flexibility index (Phi) is 5.39. The number of benzene rings is 1. The first-order chi connectivity index (χ1) is 10.4. The smallest absolute Gasteiger partial charge is 0.121 e. The number of nitrogens with one attached hydrogen (secondary N) is 1. The van der Waals surface area contributed by atoms with E-state index in [2.05, 4.69) is 23.5 Å². The van der Waals surface area contributed by atoms with E-state index in [1.54, 1.807) is 0 Å². The maximum atomic E-state index is 5.86. The molecule has 1 aliphatic heterocycles. The fraction of sp³-hybridized carbons (Fsp3) is 0.667. The molecule has 2 aliphatic rings. The maximum Gasteiger partial charge on any atom is 0.121 e. The summed E-state index contributed by atoms with van der Waals surface area (Å²) in [5, 5.41) is 3.57. The van der Waals surface area contributed by atoms with Crippen molar-refractivity contribution in [3.05, 3.63) is 24.3 Å². The Labute approximate surface area is 128 Å². The van der Waals surface area contributed by atoms with E-state index in [1.165, 1.54) is 37.8 Å². The molecule has 2 fully saturated rings. The van der Waals surface area contributed by atoms with Crippen LogP contribution in [-0.4, -0.2) is 25.9 Å². The van der Waals surface area contributed by atoms with Gasteiger partial charge in [-0.15, -0.1) is 0 Å². The molecule has 116 valence electrons. The fourth-order valence-electron chi connectivity index (χ4n) is 3.31.